The number of H-pyrrole nitrogens is 1. The van der Waals surface area contributed by atoms with Crippen molar-refractivity contribution in [2.45, 2.75) is 6.54 Å². The highest BCUT2D eigenvalue weighted by Crippen LogP contribution is 2.35. The van der Waals surface area contributed by atoms with Gasteiger partial charge >= 0.3 is 0 Å². The highest BCUT2D eigenvalue weighted by Gasteiger charge is 2.22. The average molecular weight is 511 g/mol. The van der Waals surface area contributed by atoms with Gasteiger partial charge in [-0.15, -0.1) is 0 Å². The first-order chi connectivity index (χ1) is 17.9. The lowest BCUT2D eigenvalue weighted by atomic mass is 10.2. The second kappa shape index (κ2) is 10.2. The summed E-state index contributed by atoms with van der Waals surface area (Å²) in [4.78, 5) is 28.1. The van der Waals surface area contributed by atoms with Crippen molar-refractivity contribution >= 4 is 28.6 Å². The number of halogens is 2. The van der Waals surface area contributed by atoms with Crippen LogP contribution in [-0.2, 0) is 18.3 Å². The predicted octanol–water partition coefficient (Wildman–Crippen LogP) is 2.70. The number of imidazole rings is 1. The number of aromatic amines is 1. The molecular weight excluding hydrogens is 488 g/mol. The van der Waals surface area contributed by atoms with Gasteiger partial charge in [0.05, 0.1) is 49.3 Å². The molecule has 1 amide bonds. The maximum absolute atomic E-state index is 14.9. The van der Waals surface area contributed by atoms with Crippen molar-refractivity contribution in [1.82, 2.24) is 24.8 Å². The topological polar surface area (TPSA) is 139 Å². The minimum absolute atomic E-state index is 0.0467. The number of aliphatic hydroxyl groups excluding tert-OH is 1. The Morgan fingerprint density at radius 2 is 2.16 bits per heavy atom. The summed E-state index contributed by atoms with van der Waals surface area (Å²) in [5.74, 6) is -3.10. The Balaban J connectivity index is 1.37. The van der Waals surface area contributed by atoms with Crippen LogP contribution in [0.25, 0.3) is 11.0 Å². The third-order valence-corrected chi connectivity index (χ3v) is 5.80. The molecule has 0 spiro atoms. The first-order valence-corrected chi connectivity index (χ1v) is 11.3. The number of amidine groups is 1. The number of aromatic nitrogens is 4. The van der Waals surface area contributed by atoms with E-state index in [2.05, 4.69) is 30.6 Å². The van der Waals surface area contributed by atoms with E-state index in [-0.39, 0.29) is 54.1 Å². The number of anilines is 1. The fraction of sp³-hybridized carbons (Fsp3) is 0.250. The largest absolute Gasteiger partial charge is 0.465 e. The van der Waals surface area contributed by atoms with Crippen molar-refractivity contribution in [2.75, 3.05) is 25.1 Å². The van der Waals surface area contributed by atoms with E-state index in [1.165, 1.54) is 18.5 Å². The van der Waals surface area contributed by atoms with E-state index in [4.69, 9.17) is 14.6 Å². The van der Waals surface area contributed by atoms with Crippen LogP contribution in [0.1, 0.15) is 16.1 Å². The number of ether oxygens (including phenoxy) is 2. The molecule has 11 nitrogen and oxygen atoms in total. The second-order valence-corrected chi connectivity index (χ2v) is 8.42. The highest BCUT2D eigenvalue weighted by atomic mass is 19.1. The third-order valence-electron chi connectivity index (χ3n) is 5.80. The van der Waals surface area contributed by atoms with E-state index >= 15 is 0 Å². The van der Waals surface area contributed by atoms with Crippen LogP contribution in [0.5, 0.6) is 11.5 Å². The number of aliphatic hydroxyl groups is 1. The Morgan fingerprint density at radius 1 is 1.35 bits per heavy atom. The van der Waals surface area contributed by atoms with Crippen molar-refractivity contribution in [3.63, 3.8) is 0 Å². The summed E-state index contributed by atoms with van der Waals surface area (Å²) in [6, 6.07) is 3.60. The molecule has 4 heterocycles. The molecule has 0 bridgehead atoms. The van der Waals surface area contributed by atoms with Crippen molar-refractivity contribution in [3.8, 4) is 11.5 Å². The quantitative estimate of drug-likeness (QED) is 0.299. The molecular formula is C24H23F2N7O4. The van der Waals surface area contributed by atoms with Crippen LogP contribution in [0.2, 0.25) is 0 Å². The zero-order chi connectivity index (χ0) is 25.9. The number of aryl methyl sites for hydroxylation is 1. The van der Waals surface area contributed by atoms with E-state index < -0.39 is 23.3 Å². The predicted molar refractivity (Wildman–Crippen MR) is 129 cm³/mol. The molecule has 4 N–H and O–H groups in total. The van der Waals surface area contributed by atoms with Gasteiger partial charge in [0.15, 0.2) is 17.4 Å². The van der Waals surface area contributed by atoms with Crippen molar-refractivity contribution in [2.24, 2.45) is 18.0 Å². The Morgan fingerprint density at radius 3 is 2.84 bits per heavy atom. The van der Waals surface area contributed by atoms with Gasteiger partial charge in [0, 0.05) is 49.4 Å². The number of aliphatic imine (C=N–C) groups is 1. The lowest BCUT2D eigenvalue weighted by molar-refractivity contribution is 0.0951. The monoisotopic (exact) mass is 511 g/mol. The maximum atomic E-state index is 14.9. The molecule has 4 aromatic rings. The van der Waals surface area contributed by atoms with Crippen molar-refractivity contribution in [1.29, 1.82) is 0 Å². The molecule has 1 aliphatic rings. The summed E-state index contributed by atoms with van der Waals surface area (Å²) in [5.41, 5.74) is 1.38. The van der Waals surface area contributed by atoms with E-state index in [1.54, 1.807) is 17.1 Å². The SMILES string of the molecule is Cn1cncc1CNC(=O)c1c[nH]c2nccc(Oc3c(F)cc(NC4=NC[C@H](CO)CO4)cc3F)c12. The normalized spacial score (nSPS) is 15.2. The van der Waals surface area contributed by atoms with Crippen LogP contribution in [0.3, 0.4) is 0 Å². The average Bonchev–Trinajstić information content (AvgIpc) is 3.51. The minimum atomic E-state index is -0.977. The number of hydrogen-bond donors (Lipinski definition) is 4. The smallest absolute Gasteiger partial charge is 0.289 e. The molecule has 5 rings (SSSR count). The fourth-order valence-electron chi connectivity index (χ4n) is 3.77. The first kappa shape index (κ1) is 24.2. The zero-order valence-corrected chi connectivity index (χ0v) is 19.7. The molecule has 0 aliphatic carbocycles. The Labute approximate surface area is 209 Å². The molecule has 0 saturated carbocycles. The molecule has 0 fully saturated rings. The number of fused-ring (bicyclic) bond motifs is 1. The van der Waals surface area contributed by atoms with Crippen LogP contribution in [0.15, 0.2) is 48.1 Å². The van der Waals surface area contributed by atoms with E-state index in [9.17, 15) is 13.6 Å². The maximum Gasteiger partial charge on any atom is 0.289 e. The van der Waals surface area contributed by atoms with Gasteiger partial charge in [0.1, 0.15) is 11.4 Å². The zero-order valence-electron chi connectivity index (χ0n) is 19.7. The molecule has 1 atom stereocenters. The van der Waals surface area contributed by atoms with Gasteiger partial charge in [-0.2, -0.15) is 0 Å². The summed E-state index contributed by atoms with van der Waals surface area (Å²) in [6.07, 6.45) is 6.11. The van der Waals surface area contributed by atoms with E-state index in [1.807, 2.05) is 7.05 Å². The van der Waals surface area contributed by atoms with Gasteiger partial charge in [0.2, 0.25) is 0 Å². The van der Waals surface area contributed by atoms with Crippen molar-refractivity contribution in [3.05, 3.63) is 66.0 Å². The lowest BCUT2D eigenvalue weighted by Crippen LogP contribution is -2.29. The first-order valence-electron chi connectivity index (χ1n) is 11.3. The summed E-state index contributed by atoms with van der Waals surface area (Å²) in [6.45, 7) is 0.730. The number of amides is 1. The van der Waals surface area contributed by atoms with Gasteiger partial charge in [-0.3, -0.25) is 4.79 Å². The van der Waals surface area contributed by atoms with E-state index in [0.29, 0.717) is 12.2 Å². The molecule has 37 heavy (non-hydrogen) atoms. The number of nitrogens with one attached hydrogen (secondary N) is 3. The molecule has 3 aromatic heterocycles. The number of pyridine rings is 1. The number of nitrogens with zero attached hydrogens (tertiary/aromatic N) is 4. The highest BCUT2D eigenvalue weighted by molar-refractivity contribution is 6.08. The van der Waals surface area contributed by atoms with Crippen LogP contribution in [0.4, 0.5) is 14.5 Å². The minimum Gasteiger partial charge on any atom is -0.465 e. The van der Waals surface area contributed by atoms with Gasteiger partial charge in [-0.05, 0) is 6.07 Å². The summed E-state index contributed by atoms with van der Waals surface area (Å²) in [5, 5.41) is 14.9. The molecule has 0 saturated heterocycles. The number of carbonyl (C=O) groups excluding carboxylic acids is 1. The summed E-state index contributed by atoms with van der Waals surface area (Å²) in [7, 11) is 1.81. The van der Waals surface area contributed by atoms with Crippen LogP contribution in [-0.4, -0.2) is 56.3 Å². The standard InChI is InChI=1S/C24H23F2N7O4/c1-33-12-27-7-15(33)8-30-23(35)16-9-29-22-20(16)19(2-3-28-22)37-21-17(25)4-14(5-18(21)26)32-24-31-6-13(10-34)11-36-24/h2-5,7,9,12-13,34H,6,8,10-11H2,1H3,(H,28,29)(H,30,35)(H,31,32)/t13-/m1/s1. The lowest BCUT2D eigenvalue weighted by Gasteiger charge is -2.21. The molecule has 0 radical (unpaired) electrons. The number of hydrogen-bond acceptors (Lipinski definition) is 8. The number of carbonyl (C=O) groups is 1. The Hall–Kier alpha value is -4.52. The number of rotatable bonds is 7. The van der Waals surface area contributed by atoms with Gasteiger partial charge < -0.3 is 34.8 Å². The summed E-state index contributed by atoms with van der Waals surface area (Å²) >= 11 is 0. The fourth-order valence-corrected chi connectivity index (χ4v) is 3.77. The van der Waals surface area contributed by atoms with Crippen LogP contribution < -0.4 is 15.4 Å². The van der Waals surface area contributed by atoms with E-state index in [0.717, 1.165) is 17.8 Å². The van der Waals surface area contributed by atoms with Crippen LogP contribution >= 0.6 is 0 Å². The summed E-state index contributed by atoms with van der Waals surface area (Å²) < 4.78 is 42.6. The second-order valence-electron chi connectivity index (χ2n) is 8.42. The van der Waals surface area contributed by atoms with Gasteiger partial charge in [0.25, 0.3) is 11.9 Å². The number of benzene rings is 1. The van der Waals surface area contributed by atoms with Gasteiger partial charge in [-0.1, -0.05) is 0 Å². The molecule has 13 heteroatoms. The Kier molecular flexibility index (Phi) is 6.68. The molecule has 1 aromatic carbocycles. The Bertz CT molecular complexity index is 1460. The molecule has 1 aliphatic heterocycles. The van der Waals surface area contributed by atoms with Crippen LogP contribution in [0, 0.1) is 17.6 Å². The molecule has 192 valence electrons. The molecule has 0 unspecified atom stereocenters. The van der Waals surface area contributed by atoms with Gasteiger partial charge in [-0.25, -0.2) is 23.7 Å². The van der Waals surface area contributed by atoms with Crippen molar-refractivity contribution < 1.29 is 28.2 Å². The third kappa shape index (κ3) is 5.07.